The molecule has 0 amide bonds. The molecule has 7 unspecified atom stereocenters. The molecule has 0 spiro atoms. The Morgan fingerprint density at radius 1 is 0.611 bits per heavy atom. The van der Waals surface area contributed by atoms with E-state index in [0.29, 0.717) is 30.3 Å². The molecular weight excluding hydrogens is 461 g/mol. The van der Waals surface area contributed by atoms with Crippen LogP contribution in [0.25, 0.3) is 0 Å². The van der Waals surface area contributed by atoms with E-state index < -0.39 is 18.5 Å². The van der Waals surface area contributed by atoms with E-state index in [1.807, 2.05) is 6.92 Å². The zero-order valence-electron chi connectivity index (χ0n) is 23.0. The van der Waals surface area contributed by atoms with Crippen molar-refractivity contribution in [1.82, 2.24) is 0 Å². The first-order valence-electron chi connectivity index (χ1n) is 15.6. The van der Waals surface area contributed by atoms with Crippen LogP contribution >= 0.6 is 0 Å². The lowest BCUT2D eigenvalue weighted by atomic mass is 9.63. The van der Waals surface area contributed by atoms with Gasteiger partial charge in [0.05, 0.1) is 12.2 Å². The molecule has 4 aliphatic rings. The van der Waals surface area contributed by atoms with E-state index in [1.54, 1.807) is 0 Å². The Morgan fingerprint density at radius 2 is 1.19 bits per heavy atom. The van der Waals surface area contributed by atoms with Crippen molar-refractivity contribution in [2.24, 2.45) is 35.5 Å². The van der Waals surface area contributed by atoms with Crippen molar-refractivity contribution in [2.45, 2.75) is 147 Å². The Labute approximate surface area is 218 Å². The molecule has 0 bridgehead atoms. The number of hydrogen-bond acceptors (Lipinski definition) is 2. The molecule has 0 aliphatic heterocycles. The van der Waals surface area contributed by atoms with Gasteiger partial charge in [0, 0.05) is 19.6 Å². The smallest absolute Gasteiger partial charge is 0.134 e. The number of hydrogen-bond donors (Lipinski definition) is 0. The minimum absolute atomic E-state index is 0.0914. The summed E-state index contributed by atoms with van der Waals surface area (Å²) in [6, 6.07) is 0. The van der Waals surface area contributed by atoms with Crippen LogP contribution in [-0.2, 0) is 9.47 Å². The van der Waals surface area contributed by atoms with Crippen molar-refractivity contribution in [3.63, 3.8) is 0 Å². The molecule has 4 aliphatic carbocycles. The number of rotatable bonds is 10. The van der Waals surface area contributed by atoms with Crippen molar-refractivity contribution >= 4 is 0 Å². The fourth-order valence-corrected chi connectivity index (χ4v) is 8.34. The van der Waals surface area contributed by atoms with Crippen LogP contribution in [0.3, 0.4) is 0 Å². The highest BCUT2D eigenvalue weighted by atomic mass is 19.2. The summed E-state index contributed by atoms with van der Waals surface area (Å²) < 4.78 is 57.0. The third-order valence-electron chi connectivity index (χ3n) is 10.5. The maximum absolute atomic E-state index is 15.4. The molecule has 0 N–H and O–H groups in total. The Hall–Kier alpha value is -0.290. The fourth-order valence-electron chi connectivity index (χ4n) is 8.34. The topological polar surface area (TPSA) is 18.5 Å². The standard InChI is InChI=1S/C31H53F3O2/c1-3-19-36-26-16-13-24(29(32)20-26)10-7-21-5-8-22(9-6-21)27-17-18-28(31(34)30(27)33)23-11-14-25(15-12-23)35-4-2/h21-31H,3-20H2,1-2H3. The maximum Gasteiger partial charge on any atom is 0.134 e. The third kappa shape index (κ3) is 7.42. The molecule has 7 atom stereocenters. The van der Waals surface area contributed by atoms with Gasteiger partial charge in [-0.25, -0.2) is 13.2 Å². The highest BCUT2D eigenvalue weighted by Gasteiger charge is 2.46. The van der Waals surface area contributed by atoms with Crippen LogP contribution in [0.5, 0.6) is 0 Å². The second kappa shape index (κ2) is 14.2. The molecule has 4 saturated carbocycles. The van der Waals surface area contributed by atoms with Gasteiger partial charge in [-0.2, -0.15) is 0 Å². The molecule has 36 heavy (non-hydrogen) atoms. The van der Waals surface area contributed by atoms with Crippen LogP contribution in [0.15, 0.2) is 0 Å². The Balaban J connectivity index is 1.16. The summed E-state index contributed by atoms with van der Waals surface area (Å²) in [5, 5.41) is 0. The second-order valence-corrected chi connectivity index (χ2v) is 12.7. The SMILES string of the molecule is CCCOC1CCC(CCC2CCC(C3CCC(C4CCC(OCC)CC4)C(F)C3F)CC2)C(F)C1. The van der Waals surface area contributed by atoms with E-state index in [-0.39, 0.29) is 23.9 Å². The van der Waals surface area contributed by atoms with E-state index >= 15 is 8.78 Å². The van der Waals surface area contributed by atoms with Crippen LogP contribution in [-0.4, -0.2) is 43.9 Å². The Bertz CT molecular complexity index is 617. The van der Waals surface area contributed by atoms with Gasteiger partial charge in [-0.15, -0.1) is 0 Å². The van der Waals surface area contributed by atoms with Gasteiger partial charge < -0.3 is 9.47 Å². The minimum atomic E-state index is -1.28. The molecule has 0 heterocycles. The van der Waals surface area contributed by atoms with E-state index in [2.05, 4.69) is 6.92 Å². The zero-order chi connectivity index (χ0) is 25.5. The molecular formula is C31H53F3O2. The summed E-state index contributed by atoms with van der Waals surface area (Å²) in [6.07, 6.45) is 12.7. The molecule has 0 saturated heterocycles. The molecule has 0 radical (unpaired) electrons. The van der Waals surface area contributed by atoms with Gasteiger partial charge in [0.2, 0.25) is 0 Å². The minimum Gasteiger partial charge on any atom is -0.379 e. The van der Waals surface area contributed by atoms with Crippen LogP contribution in [0.2, 0.25) is 0 Å². The molecule has 0 aromatic carbocycles. The lowest BCUT2D eigenvalue weighted by molar-refractivity contribution is -0.0476. The summed E-state index contributed by atoms with van der Waals surface area (Å²) >= 11 is 0. The van der Waals surface area contributed by atoms with Gasteiger partial charge in [0.15, 0.2) is 0 Å². The average Bonchev–Trinajstić information content (AvgIpc) is 2.90. The molecule has 2 nitrogen and oxygen atoms in total. The molecule has 0 aromatic rings. The van der Waals surface area contributed by atoms with Crippen molar-refractivity contribution in [1.29, 1.82) is 0 Å². The molecule has 210 valence electrons. The normalized spacial score (nSPS) is 44.4. The van der Waals surface area contributed by atoms with Crippen LogP contribution < -0.4 is 0 Å². The lowest BCUT2D eigenvalue weighted by Gasteiger charge is -2.44. The first kappa shape index (κ1) is 28.7. The van der Waals surface area contributed by atoms with Gasteiger partial charge in [-0.3, -0.25) is 0 Å². The molecule has 4 fully saturated rings. The molecule has 5 heteroatoms. The summed E-state index contributed by atoms with van der Waals surface area (Å²) in [5.41, 5.74) is 0. The Kier molecular flexibility index (Phi) is 11.3. The first-order chi connectivity index (χ1) is 17.5. The summed E-state index contributed by atoms with van der Waals surface area (Å²) in [7, 11) is 0. The van der Waals surface area contributed by atoms with Crippen molar-refractivity contribution in [2.75, 3.05) is 13.2 Å². The fraction of sp³-hybridized carbons (Fsp3) is 1.00. The van der Waals surface area contributed by atoms with Crippen LogP contribution in [0.4, 0.5) is 13.2 Å². The van der Waals surface area contributed by atoms with Gasteiger partial charge in [0.25, 0.3) is 0 Å². The third-order valence-corrected chi connectivity index (χ3v) is 10.5. The summed E-state index contributed by atoms with van der Waals surface area (Å²) in [4.78, 5) is 0. The lowest BCUT2D eigenvalue weighted by Crippen LogP contribution is -2.45. The van der Waals surface area contributed by atoms with E-state index in [9.17, 15) is 4.39 Å². The molecule has 4 rings (SSSR count). The van der Waals surface area contributed by atoms with Crippen LogP contribution in [0, 0.1) is 35.5 Å². The van der Waals surface area contributed by atoms with Gasteiger partial charge in [-0.05, 0) is 119 Å². The van der Waals surface area contributed by atoms with Crippen LogP contribution in [0.1, 0.15) is 117 Å². The molecule has 0 aromatic heterocycles. The summed E-state index contributed by atoms with van der Waals surface area (Å²) in [6.45, 7) is 5.61. The van der Waals surface area contributed by atoms with Crippen molar-refractivity contribution in [3.05, 3.63) is 0 Å². The van der Waals surface area contributed by atoms with Crippen molar-refractivity contribution < 1.29 is 22.6 Å². The Morgan fingerprint density at radius 3 is 1.75 bits per heavy atom. The van der Waals surface area contributed by atoms with Gasteiger partial charge >= 0.3 is 0 Å². The van der Waals surface area contributed by atoms with Crippen molar-refractivity contribution in [3.8, 4) is 0 Å². The van der Waals surface area contributed by atoms with E-state index in [4.69, 9.17) is 9.47 Å². The van der Waals surface area contributed by atoms with E-state index in [0.717, 1.165) is 110 Å². The van der Waals surface area contributed by atoms with Gasteiger partial charge in [-0.1, -0.05) is 26.2 Å². The monoisotopic (exact) mass is 514 g/mol. The number of alkyl halides is 3. The second-order valence-electron chi connectivity index (χ2n) is 12.7. The predicted octanol–water partition coefficient (Wildman–Crippen LogP) is 8.80. The quantitative estimate of drug-likeness (QED) is 0.290. The maximum atomic E-state index is 15.4. The summed E-state index contributed by atoms with van der Waals surface area (Å²) in [5.74, 6) is 1.31. The van der Waals surface area contributed by atoms with Gasteiger partial charge in [0.1, 0.15) is 18.5 Å². The highest BCUT2D eigenvalue weighted by molar-refractivity contribution is 4.95. The number of ether oxygens (including phenoxy) is 2. The van der Waals surface area contributed by atoms with E-state index in [1.165, 1.54) is 0 Å². The highest BCUT2D eigenvalue weighted by Crippen LogP contribution is 2.48. The average molecular weight is 515 g/mol. The predicted molar refractivity (Wildman–Crippen MR) is 140 cm³/mol. The number of halogens is 3. The zero-order valence-corrected chi connectivity index (χ0v) is 23.0. The first-order valence-corrected chi connectivity index (χ1v) is 15.6. The largest absolute Gasteiger partial charge is 0.379 e.